The van der Waals surface area contributed by atoms with Crippen molar-refractivity contribution in [1.29, 1.82) is 0 Å². The van der Waals surface area contributed by atoms with Gasteiger partial charge in [0.05, 0.1) is 24.1 Å². The SMILES string of the molecule is C[C@H]1[C@H](Nc2cncc(-c3cnc(Oc4cccc(Cl)c4)nc3)n2)CN1C=CC=O. The molecule has 1 fully saturated rings. The number of hydrogen-bond donors (Lipinski definition) is 1. The van der Waals surface area contributed by atoms with E-state index in [-0.39, 0.29) is 18.1 Å². The summed E-state index contributed by atoms with van der Waals surface area (Å²) in [6.45, 7) is 2.87. The van der Waals surface area contributed by atoms with E-state index in [9.17, 15) is 4.79 Å². The zero-order valence-electron chi connectivity index (χ0n) is 16.1. The second-order valence-corrected chi connectivity index (χ2v) is 7.21. The van der Waals surface area contributed by atoms with Crippen LogP contribution < -0.4 is 10.1 Å². The number of anilines is 1. The Morgan fingerprint density at radius 2 is 2.07 bits per heavy atom. The van der Waals surface area contributed by atoms with E-state index < -0.39 is 0 Å². The molecule has 3 aromatic rings. The van der Waals surface area contributed by atoms with E-state index in [4.69, 9.17) is 16.3 Å². The Labute approximate surface area is 178 Å². The smallest absolute Gasteiger partial charge is 0.321 e. The van der Waals surface area contributed by atoms with Crippen molar-refractivity contribution in [3.63, 3.8) is 0 Å². The summed E-state index contributed by atoms with van der Waals surface area (Å²) in [5, 5.41) is 3.95. The molecule has 0 bridgehead atoms. The number of aldehydes is 1. The Bertz CT molecular complexity index is 1060. The molecule has 3 heterocycles. The third-order valence-corrected chi connectivity index (χ3v) is 5.00. The van der Waals surface area contributed by atoms with Crippen molar-refractivity contribution in [1.82, 2.24) is 24.8 Å². The summed E-state index contributed by atoms with van der Waals surface area (Å²) < 4.78 is 5.61. The van der Waals surface area contributed by atoms with Gasteiger partial charge in [-0.1, -0.05) is 17.7 Å². The number of benzene rings is 1. The lowest BCUT2D eigenvalue weighted by Gasteiger charge is -2.46. The number of ether oxygens (including phenoxy) is 1. The summed E-state index contributed by atoms with van der Waals surface area (Å²) in [7, 11) is 0. The highest BCUT2D eigenvalue weighted by Gasteiger charge is 2.33. The minimum atomic E-state index is 0.218. The van der Waals surface area contributed by atoms with Crippen LogP contribution >= 0.6 is 11.6 Å². The number of allylic oxidation sites excluding steroid dienone is 1. The molecular formula is C21H19ClN6O2. The molecule has 1 aliphatic heterocycles. The minimum Gasteiger partial charge on any atom is -0.424 e. The fraction of sp³-hybridized carbons (Fsp3) is 0.190. The molecule has 8 nitrogen and oxygen atoms in total. The lowest BCUT2D eigenvalue weighted by Crippen LogP contribution is -2.59. The van der Waals surface area contributed by atoms with E-state index in [1.807, 2.05) is 0 Å². The molecule has 9 heteroatoms. The van der Waals surface area contributed by atoms with Crippen LogP contribution in [0, 0.1) is 0 Å². The van der Waals surface area contributed by atoms with Crippen molar-refractivity contribution >= 4 is 23.7 Å². The average Bonchev–Trinajstić information content (AvgIpc) is 2.76. The molecule has 2 atom stereocenters. The average molecular weight is 423 g/mol. The van der Waals surface area contributed by atoms with Crippen molar-refractivity contribution in [2.24, 2.45) is 0 Å². The molecule has 1 aromatic carbocycles. The lowest BCUT2D eigenvalue weighted by atomic mass is 9.99. The van der Waals surface area contributed by atoms with E-state index >= 15 is 0 Å². The second-order valence-electron chi connectivity index (χ2n) is 6.77. The quantitative estimate of drug-likeness (QED) is 0.456. The highest BCUT2D eigenvalue weighted by molar-refractivity contribution is 6.30. The molecule has 0 radical (unpaired) electrons. The van der Waals surface area contributed by atoms with Gasteiger partial charge in [0, 0.05) is 41.8 Å². The van der Waals surface area contributed by atoms with Crippen molar-refractivity contribution in [2.45, 2.75) is 19.0 Å². The first-order valence-corrected chi connectivity index (χ1v) is 9.72. The fourth-order valence-electron chi connectivity index (χ4n) is 3.05. The summed E-state index contributed by atoms with van der Waals surface area (Å²) in [6.07, 6.45) is 10.7. The Hall–Kier alpha value is -3.52. The number of carbonyl (C=O) groups excluding carboxylic acids is 1. The second kappa shape index (κ2) is 8.87. The first-order chi connectivity index (χ1) is 14.6. The predicted octanol–water partition coefficient (Wildman–Crippen LogP) is 3.58. The summed E-state index contributed by atoms with van der Waals surface area (Å²) >= 11 is 5.96. The number of halogens is 1. The van der Waals surface area contributed by atoms with Gasteiger partial charge in [0.2, 0.25) is 0 Å². The van der Waals surface area contributed by atoms with Gasteiger partial charge in [-0.15, -0.1) is 0 Å². The van der Waals surface area contributed by atoms with Crippen LogP contribution in [0.5, 0.6) is 11.8 Å². The number of likely N-dealkylation sites (tertiary alicyclic amines) is 1. The first-order valence-electron chi connectivity index (χ1n) is 9.34. The largest absolute Gasteiger partial charge is 0.424 e. The zero-order chi connectivity index (χ0) is 20.9. The van der Waals surface area contributed by atoms with Gasteiger partial charge in [0.25, 0.3) is 0 Å². The summed E-state index contributed by atoms with van der Waals surface area (Å²) in [4.78, 5) is 29.9. The van der Waals surface area contributed by atoms with Crippen molar-refractivity contribution in [2.75, 3.05) is 11.9 Å². The molecule has 1 N–H and O–H groups in total. The van der Waals surface area contributed by atoms with Gasteiger partial charge in [-0.05, 0) is 31.2 Å². The molecule has 0 aliphatic carbocycles. The number of aromatic nitrogens is 4. The van der Waals surface area contributed by atoms with E-state index in [0.717, 1.165) is 18.4 Å². The molecular weight excluding hydrogens is 404 g/mol. The van der Waals surface area contributed by atoms with Gasteiger partial charge >= 0.3 is 6.01 Å². The topological polar surface area (TPSA) is 93.1 Å². The Balaban J connectivity index is 1.41. The summed E-state index contributed by atoms with van der Waals surface area (Å²) in [6, 6.07) is 7.71. The third-order valence-electron chi connectivity index (χ3n) is 4.77. The maximum Gasteiger partial charge on any atom is 0.321 e. The number of nitrogens with zero attached hydrogens (tertiary/aromatic N) is 5. The first kappa shape index (κ1) is 19.8. The molecule has 0 unspecified atom stereocenters. The van der Waals surface area contributed by atoms with Gasteiger partial charge in [0.15, 0.2) is 0 Å². The molecule has 1 aliphatic rings. The Kier molecular flexibility index (Phi) is 5.85. The molecule has 0 spiro atoms. The molecule has 0 saturated carbocycles. The molecule has 4 rings (SSSR count). The monoisotopic (exact) mass is 422 g/mol. The van der Waals surface area contributed by atoms with E-state index in [1.165, 1.54) is 6.08 Å². The van der Waals surface area contributed by atoms with Crippen LogP contribution in [0.25, 0.3) is 11.3 Å². The minimum absolute atomic E-state index is 0.218. The molecule has 2 aromatic heterocycles. The fourth-order valence-corrected chi connectivity index (χ4v) is 3.23. The normalized spacial score (nSPS) is 18.1. The number of hydrogen-bond acceptors (Lipinski definition) is 8. The highest BCUT2D eigenvalue weighted by atomic mass is 35.5. The van der Waals surface area contributed by atoms with Crippen LogP contribution in [0.2, 0.25) is 5.02 Å². The van der Waals surface area contributed by atoms with E-state index in [1.54, 1.807) is 55.3 Å². The van der Waals surface area contributed by atoms with Gasteiger partial charge in [-0.25, -0.2) is 15.0 Å². The number of rotatable bonds is 7. The lowest BCUT2D eigenvalue weighted by molar-refractivity contribution is -0.104. The van der Waals surface area contributed by atoms with E-state index in [0.29, 0.717) is 22.3 Å². The van der Waals surface area contributed by atoms with Crippen molar-refractivity contribution in [3.8, 4) is 23.0 Å². The van der Waals surface area contributed by atoms with Gasteiger partial charge in [0.1, 0.15) is 17.9 Å². The molecule has 152 valence electrons. The van der Waals surface area contributed by atoms with Crippen LogP contribution in [0.1, 0.15) is 6.92 Å². The van der Waals surface area contributed by atoms with Gasteiger partial charge in [-0.2, -0.15) is 0 Å². The van der Waals surface area contributed by atoms with Crippen LogP contribution in [-0.4, -0.2) is 49.8 Å². The van der Waals surface area contributed by atoms with Crippen LogP contribution in [0.15, 0.2) is 61.3 Å². The van der Waals surface area contributed by atoms with Gasteiger partial charge < -0.3 is 15.0 Å². The number of nitrogens with one attached hydrogen (secondary N) is 1. The van der Waals surface area contributed by atoms with Crippen LogP contribution in [0.4, 0.5) is 5.82 Å². The van der Waals surface area contributed by atoms with Crippen molar-refractivity contribution < 1.29 is 9.53 Å². The maximum absolute atomic E-state index is 10.5. The van der Waals surface area contributed by atoms with Gasteiger partial charge in [-0.3, -0.25) is 9.78 Å². The Morgan fingerprint density at radius 1 is 1.23 bits per heavy atom. The zero-order valence-corrected chi connectivity index (χ0v) is 16.9. The van der Waals surface area contributed by atoms with Crippen LogP contribution in [-0.2, 0) is 4.79 Å². The maximum atomic E-state index is 10.5. The Morgan fingerprint density at radius 3 is 2.80 bits per heavy atom. The third kappa shape index (κ3) is 4.55. The standard InChI is InChI=1S/C21H19ClN6O2/c1-14-19(13-28(14)6-3-7-29)27-20-12-23-11-18(26-20)15-9-24-21(25-10-15)30-17-5-2-4-16(22)8-17/h2-12,14,19H,13H2,1H3,(H,26,27)/t14-,19+/m0/s1. The van der Waals surface area contributed by atoms with Crippen molar-refractivity contribution in [3.05, 3.63) is 66.4 Å². The highest BCUT2D eigenvalue weighted by Crippen LogP contribution is 2.24. The predicted molar refractivity (Wildman–Crippen MR) is 113 cm³/mol. The number of carbonyl (C=O) groups is 1. The summed E-state index contributed by atoms with van der Waals surface area (Å²) in [5.74, 6) is 1.23. The summed E-state index contributed by atoms with van der Waals surface area (Å²) in [5.41, 5.74) is 1.38. The van der Waals surface area contributed by atoms with Crippen LogP contribution in [0.3, 0.4) is 0 Å². The molecule has 1 saturated heterocycles. The molecule has 0 amide bonds. The molecule has 30 heavy (non-hydrogen) atoms. The van der Waals surface area contributed by atoms with E-state index in [2.05, 4.69) is 37.1 Å².